The summed E-state index contributed by atoms with van der Waals surface area (Å²) in [5.41, 5.74) is 1.34. The zero-order valence-corrected chi connectivity index (χ0v) is 16.2. The van der Waals surface area contributed by atoms with Crippen LogP contribution in [0.3, 0.4) is 0 Å². The average molecular weight is 400 g/mol. The van der Waals surface area contributed by atoms with Crippen LogP contribution in [0.4, 0.5) is 0 Å². The molecular weight excluding hydrogens is 382 g/mol. The second-order valence-corrected chi connectivity index (χ2v) is 7.33. The first kappa shape index (κ1) is 19.1. The number of ketones is 1. The zero-order valence-electron chi connectivity index (χ0n) is 14.6. The Kier molecular flexibility index (Phi) is 6.27. The van der Waals surface area contributed by atoms with Gasteiger partial charge in [-0.3, -0.25) is 9.59 Å². The highest BCUT2D eigenvalue weighted by Gasteiger charge is 2.18. The highest BCUT2D eigenvalue weighted by molar-refractivity contribution is 7.10. The fraction of sp³-hybridized carbons (Fsp3) is 0.143. The van der Waals surface area contributed by atoms with E-state index < -0.39 is 0 Å². The lowest BCUT2D eigenvalue weighted by Crippen LogP contribution is -2.33. The first-order valence-corrected chi connectivity index (χ1v) is 9.61. The predicted molar refractivity (Wildman–Crippen MR) is 108 cm³/mol. The van der Waals surface area contributed by atoms with Crippen LogP contribution in [-0.2, 0) is 4.79 Å². The van der Waals surface area contributed by atoms with Crippen molar-refractivity contribution in [1.82, 2.24) is 5.32 Å². The minimum absolute atomic E-state index is 0.173. The first-order chi connectivity index (χ1) is 13.0. The maximum atomic E-state index is 12.5. The van der Waals surface area contributed by atoms with Crippen LogP contribution in [0, 0.1) is 0 Å². The van der Waals surface area contributed by atoms with Gasteiger partial charge in [0.15, 0.2) is 12.4 Å². The monoisotopic (exact) mass is 399 g/mol. The quantitative estimate of drug-likeness (QED) is 0.575. The van der Waals surface area contributed by atoms with Crippen LogP contribution < -0.4 is 10.1 Å². The number of carbonyl (C=O) groups excluding carboxylic acids is 2. The van der Waals surface area contributed by atoms with Crippen LogP contribution in [-0.4, -0.2) is 18.3 Å². The van der Waals surface area contributed by atoms with Crippen molar-refractivity contribution in [2.45, 2.75) is 13.0 Å². The van der Waals surface area contributed by atoms with E-state index in [1.54, 1.807) is 23.5 Å². The molecule has 0 unspecified atom stereocenters. The molecule has 138 valence electrons. The van der Waals surface area contributed by atoms with Gasteiger partial charge in [-0.2, -0.15) is 0 Å². The Balaban J connectivity index is 1.72. The SMILES string of the molecule is CC(=O)c1cc(Cl)ccc1OCC(=O)N[C@H](c1ccccc1)c1cccs1. The lowest BCUT2D eigenvalue weighted by atomic mass is 10.1. The number of hydrogen-bond acceptors (Lipinski definition) is 4. The minimum Gasteiger partial charge on any atom is -0.483 e. The number of benzene rings is 2. The summed E-state index contributed by atoms with van der Waals surface area (Å²) in [5.74, 6) is -0.107. The molecule has 1 heterocycles. The first-order valence-electron chi connectivity index (χ1n) is 8.35. The van der Waals surface area contributed by atoms with Gasteiger partial charge in [0.25, 0.3) is 5.91 Å². The van der Waals surface area contributed by atoms with E-state index in [2.05, 4.69) is 5.32 Å². The molecule has 0 aliphatic heterocycles. The Hall–Kier alpha value is -2.63. The van der Waals surface area contributed by atoms with Crippen LogP contribution in [0.5, 0.6) is 5.75 Å². The molecule has 0 aliphatic carbocycles. The van der Waals surface area contributed by atoms with Crippen LogP contribution in [0.25, 0.3) is 0 Å². The number of amides is 1. The van der Waals surface area contributed by atoms with Crippen LogP contribution in [0.1, 0.15) is 33.8 Å². The second-order valence-electron chi connectivity index (χ2n) is 5.91. The number of Topliss-reactive ketones (excluding diaryl/α,β-unsaturated/α-hetero) is 1. The summed E-state index contributed by atoms with van der Waals surface area (Å²) < 4.78 is 5.58. The molecule has 1 aromatic heterocycles. The highest BCUT2D eigenvalue weighted by Crippen LogP contribution is 2.26. The van der Waals surface area contributed by atoms with Gasteiger partial charge in [0.1, 0.15) is 5.75 Å². The van der Waals surface area contributed by atoms with Crippen molar-refractivity contribution >= 4 is 34.6 Å². The maximum Gasteiger partial charge on any atom is 0.258 e. The van der Waals surface area contributed by atoms with E-state index in [0.717, 1.165) is 10.4 Å². The van der Waals surface area contributed by atoms with Crippen molar-refractivity contribution in [2.75, 3.05) is 6.61 Å². The van der Waals surface area contributed by atoms with Crippen molar-refractivity contribution in [3.8, 4) is 5.75 Å². The molecule has 6 heteroatoms. The summed E-state index contributed by atoms with van der Waals surface area (Å²) in [5, 5.41) is 5.42. The Morgan fingerprint density at radius 1 is 1.11 bits per heavy atom. The smallest absolute Gasteiger partial charge is 0.258 e. The number of ether oxygens (including phenoxy) is 1. The molecular formula is C21H18ClNO3S. The van der Waals surface area contributed by atoms with E-state index in [1.165, 1.54) is 13.0 Å². The molecule has 27 heavy (non-hydrogen) atoms. The lowest BCUT2D eigenvalue weighted by Gasteiger charge is -2.18. The standard InChI is InChI=1S/C21H18ClNO3S/c1-14(24)17-12-16(22)9-10-18(17)26-13-20(25)23-21(19-8-5-11-27-19)15-6-3-2-4-7-15/h2-12,21H,13H2,1H3,(H,23,25)/t21-/m1/s1. The molecule has 0 saturated heterocycles. The maximum absolute atomic E-state index is 12.5. The summed E-state index contributed by atoms with van der Waals surface area (Å²) in [7, 11) is 0. The molecule has 0 saturated carbocycles. The molecule has 3 aromatic rings. The van der Waals surface area contributed by atoms with Crippen molar-refractivity contribution in [3.63, 3.8) is 0 Å². The van der Waals surface area contributed by atoms with Crippen molar-refractivity contribution in [1.29, 1.82) is 0 Å². The fourth-order valence-electron chi connectivity index (χ4n) is 2.67. The number of hydrogen-bond donors (Lipinski definition) is 1. The van der Waals surface area contributed by atoms with E-state index in [1.807, 2.05) is 47.8 Å². The molecule has 0 radical (unpaired) electrons. The number of nitrogens with one attached hydrogen (secondary N) is 1. The van der Waals surface area contributed by atoms with Gasteiger partial charge >= 0.3 is 0 Å². The Bertz CT molecular complexity index is 926. The molecule has 1 amide bonds. The third-order valence-electron chi connectivity index (χ3n) is 3.95. The number of halogens is 1. The van der Waals surface area contributed by atoms with E-state index in [9.17, 15) is 9.59 Å². The molecule has 1 atom stereocenters. The summed E-state index contributed by atoms with van der Waals surface area (Å²) in [6.07, 6.45) is 0. The number of carbonyl (C=O) groups is 2. The van der Waals surface area contributed by atoms with Crippen molar-refractivity contribution < 1.29 is 14.3 Å². The van der Waals surface area contributed by atoms with Gasteiger partial charge in [-0.25, -0.2) is 0 Å². The topological polar surface area (TPSA) is 55.4 Å². The summed E-state index contributed by atoms with van der Waals surface area (Å²) in [4.78, 5) is 25.3. The van der Waals surface area contributed by atoms with Crippen LogP contribution in [0.15, 0.2) is 66.0 Å². The van der Waals surface area contributed by atoms with Gasteiger partial charge in [0, 0.05) is 9.90 Å². The molecule has 0 bridgehead atoms. The van der Waals surface area contributed by atoms with Gasteiger partial charge in [0.05, 0.1) is 11.6 Å². The fourth-order valence-corrected chi connectivity index (χ4v) is 3.64. The average Bonchev–Trinajstić information content (AvgIpc) is 3.20. The Morgan fingerprint density at radius 2 is 1.89 bits per heavy atom. The Morgan fingerprint density at radius 3 is 2.56 bits per heavy atom. The van der Waals surface area contributed by atoms with E-state index in [0.29, 0.717) is 16.3 Å². The lowest BCUT2D eigenvalue weighted by molar-refractivity contribution is -0.123. The summed E-state index contributed by atoms with van der Waals surface area (Å²) in [6.45, 7) is 1.23. The molecule has 2 aromatic carbocycles. The van der Waals surface area contributed by atoms with E-state index in [-0.39, 0.29) is 24.3 Å². The van der Waals surface area contributed by atoms with Crippen molar-refractivity contribution in [3.05, 3.63) is 87.1 Å². The van der Waals surface area contributed by atoms with Gasteiger partial charge in [-0.15, -0.1) is 11.3 Å². The zero-order chi connectivity index (χ0) is 19.2. The largest absolute Gasteiger partial charge is 0.483 e. The van der Waals surface area contributed by atoms with Gasteiger partial charge in [-0.1, -0.05) is 48.0 Å². The number of thiophene rings is 1. The highest BCUT2D eigenvalue weighted by atomic mass is 35.5. The Labute approximate surface area is 166 Å². The summed E-state index contributed by atoms with van der Waals surface area (Å²) >= 11 is 7.51. The van der Waals surface area contributed by atoms with Crippen LogP contribution in [0.2, 0.25) is 5.02 Å². The molecule has 0 fully saturated rings. The predicted octanol–water partition coefficient (Wildman–Crippen LogP) is 4.89. The third-order valence-corrected chi connectivity index (χ3v) is 5.12. The molecule has 0 spiro atoms. The van der Waals surface area contributed by atoms with Gasteiger partial charge in [-0.05, 0) is 42.1 Å². The van der Waals surface area contributed by atoms with Gasteiger partial charge in [0.2, 0.25) is 0 Å². The van der Waals surface area contributed by atoms with E-state index >= 15 is 0 Å². The molecule has 0 aliphatic rings. The van der Waals surface area contributed by atoms with Gasteiger partial charge < -0.3 is 10.1 Å². The number of rotatable bonds is 7. The molecule has 3 rings (SSSR count). The second kappa shape index (κ2) is 8.84. The van der Waals surface area contributed by atoms with Crippen molar-refractivity contribution in [2.24, 2.45) is 0 Å². The van der Waals surface area contributed by atoms with E-state index in [4.69, 9.17) is 16.3 Å². The minimum atomic E-state index is -0.276. The van der Waals surface area contributed by atoms with Crippen LogP contribution >= 0.6 is 22.9 Å². The summed E-state index contributed by atoms with van der Waals surface area (Å²) in [6, 6.07) is 18.2. The molecule has 4 nitrogen and oxygen atoms in total. The third kappa shape index (κ3) is 4.96. The normalized spacial score (nSPS) is 11.6. The molecule has 1 N–H and O–H groups in total.